The van der Waals surface area contributed by atoms with Gasteiger partial charge in [-0.25, -0.2) is 0 Å². The Morgan fingerprint density at radius 2 is 2.12 bits per heavy atom. The van der Waals surface area contributed by atoms with Crippen LogP contribution in [-0.2, 0) is 9.53 Å². The van der Waals surface area contributed by atoms with Crippen LogP contribution in [0.25, 0.3) is 0 Å². The minimum atomic E-state index is -0.177. The molecule has 1 saturated heterocycles. The summed E-state index contributed by atoms with van der Waals surface area (Å²) in [6.45, 7) is 2.94. The molecule has 0 radical (unpaired) electrons. The molecular weight excluding hydrogens is 234 g/mol. The van der Waals surface area contributed by atoms with Crippen molar-refractivity contribution in [2.75, 3.05) is 12.4 Å². The van der Waals surface area contributed by atoms with Crippen LogP contribution in [0.2, 0.25) is 0 Å². The van der Waals surface area contributed by atoms with Gasteiger partial charge in [0.15, 0.2) is 0 Å². The van der Waals surface area contributed by atoms with Gasteiger partial charge in [-0.05, 0) is 31.4 Å². The zero-order valence-corrected chi connectivity index (χ0v) is 11.4. The summed E-state index contributed by atoms with van der Waals surface area (Å²) in [4.78, 5) is 12.0. The monoisotopic (exact) mass is 257 g/mol. The lowest BCUT2D eigenvalue weighted by molar-refractivity contribution is -0.130. The van der Waals surface area contributed by atoms with E-state index in [1.165, 1.54) is 19.3 Å². The van der Waals surface area contributed by atoms with Crippen molar-refractivity contribution in [3.8, 4) is 0 Å². The summed E-state index contributed by atoms with van der Waals surface area (Å²) in [5, 5.41) is 3.82. The highest BCUT2D eigenvalue weighted by molar-refractivity contribution is 7.99. The van der Waals surface area contributed by atoms with Crippen molar-refractivity contribution < 1.29 is 9.53 Å². The van der Waals surface area contributed by atoms with E-state index in [1.807, 2.05) is 11.8 Å². The van der Waals surface area contributed by atoms with E-state index in [-0.39, 0.29) is 12.0 Å². The minimum Gasteiger partial charge on any atom is -0.368 e. The van der Waals surface area contributed by atoms with Crippen molar-refractivity contribution in [3.05, 3.63) is 0 Å². The molecule has 1 aliphatic carbocycles. The summed E-state index contributed by atoms with van der Waals surface area (Å²) < 4.78 is 5.43. The molecule has 2 rings (SSSR count). The molecule has 98 valence electrons. The smallest absolute Gasteiger partial charge is 0.249 e. The number of carbonyl (C=O) groups is 1. The Kier molecular flexibility index (Phi) is 5.16. The van der Waals surface area contributed by atoms with Crippen LogP contribution in [0, 0.1) is 0 Å². The Labute approximate surface area is 108 Å². The highest BCUT2D eigenvalue weighted by atomic mass is 32.2. The summed E-state index contributed by atoms with van der Waals surface area (Å²) in [5.74, 6) is 1.26. The minimum absolute atomic E-state index is 0.121. The van der Waals surface area contributed by atoms with Gasteiger partial charge in [0.1, 0.15) is 6.10 Å². The van der Waals surface area contributed by atoms with Crippen LogP contribution in [0.1, 0.15) is 45.4 Å². The Bertz CT molecular complexity index is 252. The van der Waals surface area contributed by atoms with Crippen LogP contribution >= 0.6 is 11.8 Å². The van der Waals surface area contributed by atoms with E-state index in [1.54, 1.807) is 0 Å². The lowest BCUT2D eigenvalue weighted by Crippen LogP contribution is -2.47. The zero-order valence-electron chi connectivity index (χ0n) is 10.6. The van der Waals surface area contributed by atoms with E-state index < -0.39 is 0 Å². The lowest BCUT2D eigenvalue weighted by atomic mass is 9.94. The van der Waals surface area contributed by atoms with Gasteiger partial charge in [-0.2, -0.15) is 11.8 Å². The Morgan fingerprint density at radius 3 is 2.82 bits per heavy atom. The molecule has 0 spiro atoms. The maximum Gasteiger partial charge on any atom is 0.249 e. The molecule has 0 aromatic carbocycles. The first kappa shape index (κ1) is 13.2. The highest BCUT2D eigenvalue weighted by Crippen LogP contribution is 2.29. The van der Waals surface area contributed by atoms with Gasteiger partial charge in [-0.1, -0.05) is 19.8 Å². The average Bonchev–Trinajstić information content (AvgIpc) is 2.85. The van der Waals surface area contributed by atoms with Gasteiger partial charge < -0.3 is 10.1 Å². The largest absolute Gasteiger partial charge is 0.368 e. The summed E-state index contributed by atoms with van der Waals surface area (Å²) in [6.07, 6.45) is 6.68. The van der Waals surface area contributed by atoms with Gasteiger partial charge in [-0.3, -0.25) is 4.79 Å². The molecule has 1 amide bonds. The van der Waals surface area contributed by atoms with Crippen LogP contribution in [0.15, 0.2) is 0 Å². The number of ether oxygens (including phenoxy) is 1. The van der Waals surface area contributed by atoms with Crippen molar-refractivity contribution in [3.63, 3.8) is 0 Å². The molecule has 1 aliphatic heterocycles. The van der Waals surface area contributed by atoms with Gasteiger partial charge >= 0.3 is 0 Å². The number of amides is 1. The molecule has 4 heteroatoms. The summed E-state index contributed by atoms with van der Waals surface area (Å²) >= 11 is 1.99. The predicted molar refractivity (Wildman–Crippen MR) is 71.3 cm³/mol. The van der Waals surface area contributed by atoms with E-state index in [4.69, 9.17) is 4.74 Å². The topological polar surface area (TPSA) is 38.3 Å². The van der Waals surface area contributed by atoms with E-state index in [0.717, 1.165) is 31.6 Å². The van der Waals surface area contributed by atoms with Gasteiger partial charge in [0, 0.05) is 17.9 Å². The number of carbonyl (C=O) groups excluding carboxylic acids is 1. The maximum absolute atomic E-state index is 12.0. The molecule has 0 unspecified atom stereocenters. The van der Waals surface area contributed by atoms with Crippen LogP contribution in [-0.4, -0.2) is 35.7 Å². The standard InChI is InChI=1S/C13H23NO2S/c1-2-17-12-8-4-3-6-10(12)14-13(15)11-7-5-9-16-11/h10-12H,2-9H2,1H3,(H,14,15)/t10-,11-,12+/m0/s1. The SMILES string of the molecule is CCS[C@@H]1CCCC[C@@H]1NC(=O)[C@@H]1CCCO1. The molecule has 3 nitrogen and oxygen atoms in total. The molecular formula is C13H23NO2S. The number of hydrogen-bond acceptors (Lipinski definition) is 3. The summed E-state index contributed by atoms with van der Waals surface area (Å²) in [5.41, 5.74) is 0. The molecule has 0 aromatic rings. The fourth-order valence-electron chi connectivity index (χ4n) is 2.74. The molecule has 17 heavy (non-hydrogen) atoms. The van der Waals surface area contributed by atoms with Crippen LogP contribution in [0.4, 0.5) is 0 Å². The molecule has 2 aliphatic rings. The number of nitrogens with one attached hydrogen (secondary N) is 1. The van der Waals surface area contributed by atoms with E-state index in [0.29, 0.717) is 11.3 Å². The van der Waals surface area contributed by atoms with Crippen molar-refractivity contribution >= 4 is 17.7 Å². The van der Waals surface area contributed by atoms with E-state index in [2.05, 4.69) is 12.2 Å². The van der Waals surface area contributed by atoms with E-state index >= 15 is 0 Å². The third kappa shape index (κ3) is 3.62. The predicted octanol–water partition coefficient (Wildman–Crippen LogP) is 2.35. The molecule has 3 atom stereocenters. The first-order valence-electron chi connectivity index (χ1n) is 6.85. The van der Waals surface area contributed by atoms with Crippen LogP contribution < -0.4 is 5.32 Å². The van der Waals surface area contributed by atoms with Crippen molar-refractivity contribution in [1.82, 2.24) is 5.32 Å². The van der Waals surface area contributed by atoms with Crippen molar-refractivity contribution in [2.24, 2.45) is 0 Å². The summed E-state index contributed by atoms with van der Waals surface area (Å²) in [6, 6.07) is 0.366. The van der Waals surface area contributed by atoms with Crippen LogP contribution in [0.5, 0.6) is 0 Å². The second-order valence-electron chi connectivity index (χ2n) is 4.89. The Hall–Kier alpha value is -0.220. The van der Waals surface area contributed by atoms with E-state index in [9.17, 15) is 4.79 Å². The highest BCUT2D eigenvalue weighted by Gasteiger charge is 2.30. The van der Waals surface area contributed by atoms with Gasteiger partial charge in [0.05, 0.1) is 0 Å². The fraction of sp³-hybridized carbons (Fsp3) is 0.923. The molecule has 1 saturated carbocycles. The third-order valence-corrected chi connectivity index (χ3v) is 4.96. The van der Waals surface area contributed by atoms with Crippen molar-refractivity contribution in [1.29, 1.82) is 0 Å². The Morgan fingerprint density at radius 1 is 1.29 bits per heavy atom. The fourth-order valence-corrected chi connectivity index (χ4v) is 3.93. The lowest BCUT2D eigenvalue weighted by Gasteiger charge is -2.32. The second kappa shape index (κ2) is 6.64. The summed E-state index contributed by atoms with van der Waals surface area (Å²) in [7, 11) is 0. The number of thioether (sulfide) groups is 1. The first-order valence-corrected chi connectivity index (χ1v) is 7.89. The normalized spacial score (nSPS) is 33.6. The molecule has 1 N–H and O–H groups in total. The first-order chi connectivity index (χ1) is 8.31. The zero-order chi connectivity index (χ0) is 12.1. The van der Waals surface area contributed by atoms with Crippen LogP contribution in [0.3, 0.4) is 0 Å². The second-order valence-corrected chi connectivity index (χ2v) is 6.41. The number of rotatable bonds is 4. The molecule has 0 aromatic heterocycles. The maximum atomic E-state index is 12.0. The van der Waals surface area contributed by atoms with Gasteiger partial charge in [0.2, 0.25) is 5.91 Å². The Balaban J connectivity index is 1.84. The molecule has 0 bridgehead atoms. The third-order valence-electron chi connectivity index (χ3n) is 3.63. The molecule has 1 heterocycles. The number of hydrogen-bond donors (Lipinski definition) is 1. The van der Waals surface area contributed by atoms with Gasteiger partial charge in [-0.15, -0.1) is 0 Å². The average molecular weight is 257 g/mol. The quantitative estimate of drug-likeness (QED) is 0.840. The molecule has 2 fully saturated rings. The van der Waals surface area contributed by atoms with Crippen molar-refractivity contribution in [2.45, 2.75) is 62.8 Å². The van der Waals surface area contributed by atoms with Gasteiger partial charge in [0.25, 0.3) is 0 Å².